The van der Waals surface area contributed by atoms with Gasteiger partial charge in [-0.1, -0.05) is 6.07 Å². The first-order valence-electron chi connectivity index (χ1n) is 5.91. The lowest BCUT2D eigenvalue weighted by Gasteiger charge is -2.17. The van der Waals surface area contributed by atoms with Crippen LogP contribution in [0.25, 0.3) is 0 Å². The summed E-state index contributed by atoms with van der Waals surface area (Å²) in [7, 11) is 1.30. The first-order valence-corrected chi connectivity index (χ1v) is 5.91. The highest BCUT2D eigenvalue weighted by molar-refractivity contribution is 5.42. The van der Waals surface area contributed by atoms with Crippen LogP contribution < -0.4 is 4.74 Å². The van der Waals surface area contributed by atoms with E-state index in [1.807, 2.05) is 0 Å². The lowest BCUT2D eigenvalue weighted by atomic mass is 9.98. The van der Waals surface area contributed by atoms with Crippen molar-refractivity contribution < 1.29 is 23.0 Å². The SMILES string of the molecule is COc1cccc(F)c1C(O)c1cc(F)c(C)cc1F. The Bertz CT molecular complexity index is 641. The van der Waals surface area contributed by atoms with Gasteiger partial charge in [0.05, 0.1) is 12.7 Å². The van der Waals surface area contributed by atoms with Gasteiger partial charge in [0, 0.05) is 5.56 Å². The Morgan fingerprint density at radius 1 is 1.05 bits per heavy atom. The number of rotatable bonds is 3. The van der Waals surface area contributed by atoms with Crippen LogP contribution in [0.1, 0.15) is 22.8 Å². The highest BCUT2D eigenvalue weighted by atomic mass is 19.1. The normalized spacial score (nSPS) is 12.3. The van der Waals surface area contributed by atoms with Crippen LogP contribution in [-0.2, 0) is 0 Å². The van der Waals surface area contributed by atoms with E-state index in [9.17, 15) is 18.3 Å². The van der Waals surface area contributed by atoms with Gasteiger partial charge in [-0.15, -0.1) is 0 Å². The predicted octanol–water partition coefficient (Wildman–Crippen LogP) is 3.50. The van der Waals surface area contributed by atoms with E-state index in [4.69, 9.17) is 4.74 Å². The molecule has 0 aliphatic heterocycles. The molecule has 0 spiro atoms. The maximum atomic E-state index is 13.8. The molecule has 0 fully saturated rings. The first-order chi connectivity index (χ1) is 9.45. The predicted molar refractivity (Wildman–Crippen MR) is 68.1 cm³/mol. The fourth-order valence-corrected chi connectivity index (χ4v) is 1.99. The maximum absolute atomic E-state index is 13.8. The lowest BCUT2D eigenvalue weighted by molar-refractivity contribution is 0.203. The summed E-state index contributed by atoms with van der Waals surface area (Å²) in [5, 5.41) is 10.2. The molecule has 20 heavy (non-hydrogen) atoms. The molecule has 0 aromatic heterocycles. The Labute approximate surface area is 114 Å². The van der Waals surface area contributed by atoms with Crippen LogP contribution in [-0.4, -0.2) is 12.2 Å². The van der Waals surface area contributed by atoms with Crippen LogP contribution >= 0.6 is 0 Å². The average molecular weight is 282 g/mol. The number of methoxy groups -OCH3 is 1. The molecule has 0 aliphatic rings. The molecule has 2 aromatic rings. The zero-order chi connectivity index (χ0) is 14.9. The standard InChI is InChI=1S/C15H13F3O2/c1-8-6-12(18)9(7-11(8)17)15(19)14-10(16)4-3-5-13(14)20-2/h3-7,15,19H,1-2H3. The highest BCUT2D eigenvalue weighted by Gasteiger charge is 2.23. The quantitative estimate of drug-likeness (QED) is 0.933. The molecule has 2 aromatic carbocycles. The first kappa shape index (κ1) is 14.4. The van der Waals surface area contributed by atoms with Crippen molar-refractivity contribution in [3.8, 4) is 5.75 Å². The number of aliphatic hydroxyl groups is 1. The molecule has 2 nitrogen and oxygen atoms in total. The summed E-state index contributed by atoms with van der Waals surface area (Å²) in [6.45, 7) is 1.40. The Balaban J connectivity index is 2.57. The van der Waals surface area contributed by atoms with Crippen LogP contribution in [0.2, 0.25) is 0 Å². The minimum atomic E-state index is -1.65. The minimum absolute atomic E-state index is 0.0675. The largest absolute Gasteiger partial charge is 0.496 e. The summed E-state index contributed by atoms with van der Waals surface area (Å²) in [6, 6.07) is 5.77. The van der Waals surface area contributed by atoms with Gasteiger partial charge in [-0.3, -0.25) is 0 Å². The minimum Gasteiger partial charge on any atom is -0.496 e. The van der Waals surface area contributed by atoms with Gasteiger partial charge in [0.25, 0.3) is 0 Å². The smallest absolute Gasteiger partial charge is 0.133 e. The van der Waals surface area contributed by atoms with E-state index in [-0.39, 0.29) is 22.4 Å². The van der Waals surface area contributed by atoms with Gasteiger partial charge in [0.1, 0.15) is 29.3 Å². The van der Waals surface area contributed by atoms with Crippen molar-refractivity contribution in [1.29, 1.82) is 0 Å². The van der Waals surface area contributed by atoms with E-state index in [0.717, 1.165) is 18.2 Å². The molecule has 2 rings (SSSR count). The number of hydrogen-bond acceptors (Lipinski definition) is 2. The second-order valence-corrected chi connectivity index (χ2v) is 4.38. The topological polar surface area (TPSA) is 29.5 Å². The van der Waals surface area contributed by atoms with Crippen molar-refractivity contribution >= 4 is 0 Å². The molecule has 0 amide bonds. The third kappa shape index (κ3) is 2.49. The Hall–Kier alpha value is -2.01. The second kappa shape index (κ2) is 5.54. The third-order valence-corrected chi connectivity index (χ3v) is 3.08. The van der Waals surface area contributed by atoms with Crippen LogP contribution in [0.5, 0.6) is 5.75 Å². The van der Waals surface area contributed by atoms with Gasteiger partial charge in [-0.25, -0.2) is 13.2 Å². The molecule has 0 radical (unpaired) electrons. The number of hydrogen-bond donors (Lipinski definition) is 1. The summed E-state index contributed by atoms with van der Waals surface area (Å²) < 4.78 is 46.1. The van der Waals surface area contributed by atoms with Gasteiger partial charge in [0.15, 0.2) is 0 Å². The van der Waals surface area contributed by atoms with Crippen molar-refractivity contribution in [2.24, 2.45) is 0 Å². The zero-order valence-corrected chi connectivity index (χ0v) is 11.0. The fraction of sp³-hybridized carbons (Fsp3) is 0.200. The number of ether oxygens (including phenoxy) is 1. The highest BCUT2D eigenvalue weighted by Crippen LogP contribution is 2.33. The molecule has 0 bridgehead atoms. The third-order valence-electron chi connectivity index (χ3n) is 3.08. The van der Waals surface area contributed by atoms with Gasteiger partial charge in [0.2, 0.25) is 0 Å². The summed E-state index contributed by atoms with van der Waals surface area (Å²) >= 11 is 0. The summed E-state index contributed by atoms with van der Waals surface area (Å²) in [5.74, 6) is -2.16. The van der Waals surface area contributed by atoms with Crippen LogP contribution in [0.4, 0.5) is 13.2 Å². The van der Waals surface area contributed by atoms with E-state index in [2.05, 4.69) is 0 Å². The van der Waals surface area contributed by atoms with E-state index in [1.54, 1.807) is 0 Å². The molecular weight excluding hydrogens is 269 g/mol. The van der Waals surface area contributed by atoms with E-state index >= 15 is 0 Å². The summed E-state index contributed by atoms with van der Waals surface area (Å²) in [4.78, 5) is 0. The lowest BCUT2D eigenvalue weighted by Crippen LogP contribution is -2.08. The molecule has 0 saturated carbocycles. The van der Waals surface area contributed by atoms with Gasteiger partial charge < -0.3 is 9.84 Å². The molecule has 1 atom stereocenters. The van der Waals surface area contributed by atoms with Crippen molar-refractivity contribution in [1.82, 2.24) is 0 Å². The van der Waals surface area contributed by atoms with Gasteiger partial charge in [-0.05, 0) is 36.8 Å². The molecule has 0 heterocycles. The molecule has 0 aliphatic carbocycles. The summed E-state index contributed by atoms with van der Waals surface area (Å²) in [5.41, 5.74) is -0.451. The van der Waals surface area contributed by atoms with Crippen molar-refractivity contribution in [2.75, 3.05) is 7.11 Å². The Morgan fingerprint density at radius 2 is 1.75 bits per heavy atom. The average Bonchev–Trinajstić information content (AvgIpc) is 2.41. The van der Waals surface area contributed by atoms with Crippen LogP contribution in [0.15, 0.2) is 30.3 Å². The Kier molecular flexibility index (Phi) is 3.99. The molecule has 5 heteroatoms. The monoisotopic (exact) mass is 282 g/mol. The maximum Gasteiger partial charge on any atom is 0.133 e. The summed E-state index contributed by atoms with van der Waals surface area (Å²) in [6.07, 6.45) is -1.65. The molecule has 1 N–H and O–H groups in total. The molecular formula is C15H13F3O2. The number of aryl methyl sites for hydroxylation is 1. The second-order valence-electron chi connectivity index (χ2n) is 4.38. The zero-order valence-electron chi connectivity index (χ0n) is 11.0. The van der Waals surface area contributed by atoms with E-state index < -0.39 is 23.6 Å². The molecule has 0 saturated heterocycles. The van der Waals surface area contributed by atoms with Crippen molar-refractivity contribution in [3.63, 3.8) is 0 Å². The van der Waals surface area contributed by atoms with Gasteiger partial charge in [-0.2, -0.15) is 0 Å². The van der Waals surface area contributed by atoms with Gasteiger partial charge >= 0.3 is 0 Å². The Morgan fingerprint density at radius 3 is 2.40 bits per heavy atom. The number of aliphatic hydroxyl groups excluding tert-OH is 1. The van der Waals surface area contributed by atoms with E-state index in [1.165, 1.54) is 26.2 Å². The fourth-order valence-electron chi connectivity index (χ4n) is 1.99. The van der Waals surface area contributed by atoms with Crippen LogP contribution in [0.3, 0.4) is 0 Å². The molecule has 1 unspecified atom stereocenters. The molecule has 106 valence electrons. The van der Waals surface area contributed by atoms with Crippen molar-refractivity contribution in [2.45, 2.75) is 13.0 Å². The number of benzene rings is 2. The van der Waals surface area contributed by atoms with Crippen molar-refractivity contribution in [3.05, 3.63) is 64.5 Å². The van der Waals surface area contributed by atoms with E-state index in [0.29, 0.717) is 0 Å². The van der Waals surface area contributed by atoms with Crippen LogP contribution in [0, 0.1) is 24.4 Å². The number of halogens is 3.